The second-order valence-electron chi connectivity index (χ2n) is 4.93. The quantitative estimate of drug-likeness (QED) is 0.833. The molecule has 2 aromatic carbocycles. The molecule has 3 N–H and O–H groups in total. The van der Waals surface area contributed by atoms with Crippen LogP contribution in [0.3, 0.4) is 0 Å². The SMILES string of the molecule is CCC(N)C(Oc1ccccc1CO)c1ccc(Br)cc1. The fraction of sp³-hybridized carbons (Fsp3) is 0.294. The van der Waals surface area contributed by atoms with Gasteiger partial charge in [0.1, 0.15) is 11.9 Å². The summed E-state index contributed by atoms with van der Waals surface area (Å²) >= 11 is 3.43. The van der Waals surface area contributed by atoms with Crippen LogP contribution in [0.15, 0.2) is 53.0 Å². The van der Waals surface area contributed by atoms with Crippen molar-refractivity contribution in [1.29, 1.82) is 0 Å². The Morgan fingerprint density at radius 1 is 1.14 bits per heavy atom. The van der Waals surface area contributed by atoms with E-state index >= 15 is 0 Å². The maximum Gasteiger partial charge on any atom is 0.139 e. The van der Waals surface area contributed by atoms with Crippen LogP contribution in [0.2, 0.25) is 0 Å². The number of halogens is 1. The molecule has 0 saturated heterocycles. The van der Waals surface area contributed by atoms with Crippen molar-refractivity contribution in [3.63, 3.8) is 0 Å². The predicted molar refractivity (Wildman–Crippen MR) is 88.1 cm³/mol. The lowest BCUT2D eigenvalue weighted by atomic mass is 10.0. The van der Waals surface area contributed by atoms with Crippen LogP contribution >= 0.6 is 15.9 Å². The Morgan fingerprint density at radius 3 is 2.43 bits per heavy atom. The molecule has 0 aromatic heterocycles. The van der Waals surface area contributed by atoms with Crippen LogP contribution in [0.25, 0.3) is 0 Å². The standard InChI is InChI=1S/C17H20BrNO2/c1-2-15(19)17(12-7-9-14(18)10-8-12)21-16-6-4-3-5-13(16)11-20/h3-10,15,17,20H,2,11,19H2,1H3. The zero-order valence-corrected chi connectivity index (χ0v) is 13.6. The first-order valence-corrected chi connectivity index (χ1v) is 7.81. The largest absolute Gasteiger partial charge is 0.484 e. The Kier molecular flexibility index (Phi) is 5.79. The lowest BCUT2D eigenvalue weighted by Crippen LogP contribution is -2.31. The number of para-hydroxylation sites is 1. The van der Waals surface area contributed by atoms with Crippen molar-refractivity contribution in [2.75, 3.05) is 0 Å². The average molecular weight is 350 g/mol. The summed E-state index contributed by atoms with van der Waals surface area (Å²) in [5.41, 5.74) is 8.02. The van der Waals surface area contributed by atoms with Gasteiger partial charge in [-0.05, 0) is 30.2 Å². The van der Waals surface area contributed by atoms with Gasteiger partial charge in [0.25, 0.3) is 0 Å². The van der Waals surface area contributed by atoms with E-state index in [0.717, 1.165) is 22.0 Å². The molecule has 21 heavy (non-hydrogen) atoms. The molecule has 0 heterocycles. The molecule has 2 unspecified atom stereocenters. The molecule has 0 aliphatic heterocycles. The minimum Gasteiger partial charge on any atom is -0.484 e. The van der Waals surface area contributed by atoms with Crippen LogP contribution in [0, 0.1) is 0 Å². The van der Waals surface area contributed by atoms with Crippen LogP contribution in [0.5, 0.6) is 5.75 Å². The Hall–Kier alpha value is -1.36. The van der Waals surface area contributed by atoms with Gasteiger partial charge in [-0.3, -0.25) is 0 Å². The molecular formula is C17H20BrNO2. The summed E-state index contributed by atoms with van der Waals surface area (Å²) in [5, 5.41) is 9.42. The van der Waals surface area contributed by atoms with E-state index in [-0.39, 0.29) is 18.8 Å². The number of ether oxygens (including phenoxy) is 1. The summed E-state index contributed by atoms with van der Waals surface area (Å²) in [7, 11) is 0. The van der Waals surface area contributed by atoms with Crippen molar-refractivity contribution < 1.29 is 9.84 Å². The summed E-state index contributed by atoms with van der Waals surface area (Å²) < 4.78 is 7.13. The fourth-order valence-electron chi connectivity index (χ4n) is 2.16. The zero-order chi connectivity index (χ0) is 15.2. The number of rotatable bonds is 6. The van der Waals surface area contributed by atoms with Crippen molar-refractivity contribution in [3.05, 3.63) is 64.1 Å². The van der Waals surface area contributed by atoms with Gasteiger partial charge in [0, 0.05) is 16.1 Å². The molecule has 3 nitrogen and oxygen atoms in total. The van der Waals surface area contributed by atoms with E-state index in [1.165, 1.54) is 0 Å². The van der Waals surface area contributed by atoms with E-state index in [2.05, 4.69) is 15.9 Å². The van der Waals surface area contributed by atoms with Crippen LogP contribution in [0.1, 0.15) is 30.6 Å². The number of benzene rings is 2. The molecule has 0 spiro atoms. The van der Waals surface area contributed by atoms with E-state index in [1.807, 2.05) is 55.5 Å². The van der Waals surface area contributed by atoms with Crippen LogP contribution in [-0.4, -0.2) is 11.1 Å². The molecule has 0 fully saturated rings. The van der Waals surface area contributed by atoms with Gasteiger partial charge in [-0.25, -0.2) is 0 Å². The molecule has 4 heteroatoms. The summed E-state index contributed by atoms with van der Waals surface area (Å²) in [6.45, 7) is 1.99. The molecule has 112 valence electrons. The average Bonchev–Trinajstić information content (AvgIpc) is 2.53. The van der Waals surface area contributed by atoms with E-state index < -0.39 is 0 Å². The van der Waals surface area contributed by atoms with E-state index in [4.69, 9.17) is 10.5 Å². The number of aliphatic hydroxyl groups is 1. The third-order valence-electron chi connectivity index (χ3n) is 3.46. The molecule has 2 atom stereocenters. The van der Waals surface area contributed by atoms with Crippen molar-refractivity contribution in [1.82, 2.24) is 0 Å². The summed E-state index contributed by atoms with van der Waals surface area (Å²) in [5.74, 6) is 0.678. The Labute approximate surface area is 133 Å². The Bertz CT molecular complexity index is 571. The second kappa shape index (κ2) is 7.59. The Morgan fingerprint density at radius 2 is 1.81 bits per heavy atom. The topological polar surface area (TPSA) is 55.5 Å². The first kappa shape index (κ1) is 16.0. The first-order valence-electron chi connectivity index (χ1n) is 7.02. The van der Waals surface area contributed by atoms with Gasteiger partial charge in [0.05, 0.1) is 6.61 Å². The highest BCUT2D eigenvalue weighted by molar-refractivity contribution is 9.10. The summed E-state index contributed by atoms with van der Waals surface area (Å²) in [6.07, 6.45) is 0.568. The van der Waals surface area contributed by atoms with Gasteiger partial charge in [-0.1, -0.05) is 53.2 Å². The van der Waals surface area contributed by atoms with Gasteiger partial charge >= 0.3 is 0 Å². The highest BCUT2D eigenvalue weighted by Gasteiger charge is 2.21. The molecule has 0 aliphatic rings. The van der Waals surface area contributed by atoms with Crippen LogP contribution in [-0.2, 0) is 6.61 Å². The molecule has 0 bridgehead atoms. The molecule has 0 radical (unpaired) electrons. The maximum absolute atomic E-state index is 9.42. The van der Waals surface area contributed by atoms with Crippen molar-refractivity contribution in [3.8, 4) is 5.75 Å². The smallest absolute Gasteiger partial charge is 0.139 e. The van der Waals surface area contributed by atoms with E-state index in [0.29, 0.717) is 5.75 Å². The number of aliphatic hydroxyl groups excluding tert-OH is 1. The normalized spacial score (nSPS) is 13.7. The molecule has 0 amide bonds. The molecule has 0 saturated carbocycles. The van der Waals surface area contributed by atoms with E-state index in [9.17, 15) is 5.11 Å². The first-order chi connectivity index (χ1) is 10.2. The molecule has 2 aromatic rings. The molecule has 0 aliphatic carbocycles. The zero-order valence-electron chi connectivity index (χ0n) is 12.0. The van der Waals surface area contributed by atoms with Crippen LogP contribution in [0.4, 0.5) is 0 Å². The van der Waals surface area contributed by atoms with Crippen molar-refractivity contribution >= 4 is 15.9 Å². The van der Waals surface area contributed by atoms with Gasteiger partial charge < -0.3 is 15.6 Å². The molecular weight excluding hydrogens is 330 g/mol. The van der Waals surface area contributed by atoms with Gasteiger partial charge in [0.15, 0.2) is 0 Å². The minimum atomic E-state index is -0.240. The third-order valence-corrected chi connectivity index (χ3v) is 3.98. The van der Waals surface area contributed by atoms with Crippen molar-refractivity contribution in [2.24, 2.45) is 5.73 Å². The third kappa shape index (κ3) is 4.06. The minimum absolute atomic E-state index is 0.0510. The number of hydrogen-bond acceptors (Lipinski definition) is 3. The Balaban J connectivity index is 2.30. The number of hydrogen-bond donors (Lipinski definition) is 2. The lowest BCUT2D eigenvalue weighted by Gasteiger charge is -2.26. The van der Waals surface area contributed by atoms with Gasteiger partial charge in [-0.15, -0.1) is 0 Å². The lowest BCUT2D eigenvalue weighted by molar-refractivity contribution is 0.164. The summed E-state index contributed by atoms with van der Waals surface area (Å²) in [6, 6.07) is 15.3. The van der Waals surface area contributed by atoms with Gasteiger partial charge in [0.2, 0.25) is 0 Å². The van der Waals surface area contributed by atoms with Gasteiger partial charge in [-0.2, -0.15) is 0 Å². The number of nitrogens with two attached hydrogens (primary N) is 1. The second-order valence-corrected chi connectivity index (χ2v) is 5.84. The van der Waals surface area contributed by atoms with E-state index in [1.54, 1.807) is 0 Å². The highest BCUT2D eigenvalue weighted by atomic mass is 79.9. The molecule has 2 rings (SSSR count). The highest BCUT2D eigenvalue weighted by Crippen LogP contribution is 2.29. The predicted octanol–water partition coefficient (Wildman–Crippen LogP) is 3.80. The van der Waals surface area contributed by atoms with Crippen LogP contribution < -0.4 is 10.5 Å². The summed E-state index contributed by atoms with van der Waals surface area (Å²) in [4.78, 5) is 0. The fourth-order valence-corrected chi connectivity index (χ4v) is 2.42. The monoisotopic (exact) mass is 349 g/mol. The maximum atomic E-state index is 9.42. The van der Waals surface area contributed by atoms with Crippen molar-refractivity contribution in [2.45, 2.75) is 32.1 Å².